The topological polar surface area (TPSA) is 43.4 Å². The van der Waals surface area contributed by atoms with Crippen LogP contribution in [0, 0.1) is 6.92 Å². The van der Waals surface area contributed by atoms with Crippen LogP contribution in [0.15, 0.2) is 24.3 Å². The summed E-state index contributed by atoms with van der Waals surface area (Å²) in [6.07, 6.45) is 0.537. The monoisotopic (exact) mass is 218 g/mol. The predicted molar refractivity (Wildman–Crippen MR) is 59.1 cm³/mol. The molecule has 0 N–H and O–H groups in total. The van der Waals surface area contributed by atoms with Crippen molar-refractivity contribution in [2.45, 2.75) is 25.2 Å². The van der Waals surface area contributed by atoms with Gasteiger partial charge in [0.2, 0.25) is 0 Å². The van der Waals surface area contributed by atoms with E-state index < -0.39 is 5.41 Å². The molecule has 0 amide bonds. The lowest BCUT2D eigenvalue weighted by molar-refractivity contribution is -0.156. The van der Waals surface area contributed by atoms with Crippen LogP contribution in [0.3, 0.4) is 0 Å². The second-order valence-corrected chi connectivity index (χ2v) is 4.28. The molecule has 84 valence electrons. The van der Waals surface area contributed by atoms with Crippen molar-refractivity contribution in [2.75, 3.05) is 7.11 Å². The molecule has 1 saturated carbocycles. The fourth-order valence-electron chi connectivity index (χ4n) is 2.37. The van der Waals surface area contributed by atoms with Crippen LogP contribution in [0.4, 0.5) is 0 Å². The molecular weight excluding hydrogens is 204 g/mol. The maximum absolute atomic E-state index is 11.8. The molecular formula is C13H14O3. The summed E-state index contributed by atoms with van der Waals surface area (Å²) in [5.41, 5.74) is 1.22. The number of methoxy groups -OCH3 is 1. The summed E-state index contributed by atoms with van der Waals surface area (Å²) in [4.78, 5) is 23.1. The number of hydrogen-bond donors (Lipinski definition) is 0. The van der Waals surface area contributed by atoms with Crippen LogP contribution in [0.2, 0.25) is 0 Å². The second kappa shape index (κ2) is 3.74. The number of Topliss-reactive ketones (excluding diaryl/α,β-unsaturated/α-hetero) is 1. The summed E-state index contributed by atoms with van der Waals surface area (Å²) >= 11 is 0. The summed E-state index contributed by atoms with van der Waals surface area (Å²) in [6, 6.07) is 7.65. The fourth-order valence-corrected chi connectivity index (χ4v) is 2.37. The molecule has 1 aromatic carbocycles. The largest absolute Gasteiger partial charge is 0.468 e. The summed E-state index contributed by atoms with van der Waals surface area (Å²) in [5.74, 6) is -0.185. The van der Waals surface area contributed by atoms with Crippen molar-refractivity contribution >= 4 is 11.8 Å². The molecule has 0 aromatic heterocycles. The van der Waals surface area contributed by atoms with Gasteiger partial charge in [-0.15, -0.1) is 0 Å². The first-order valence-corrected chi connectivity index (χ1v) is 5.26. The van der Waals surface area contributed by atoms with Crippen LogP contribution in [-0.4, -0.2) is 18.9 Å². The quantitative estimate of drug-likeness (QED) is 0.710. The van der Waals surface area contributed by atoms with Crippen LogP contribution in [0.1, 0.15) is 24.0 Å². The number of carbonyl (C=O) groups excluding carboxylic acids is 2. The minimum atomic E-state index is -0.725. The SMILES string of the molecule is COC(=O)C1(c2ccccc2C)CC(=O)C1. The standard InChI is InChI=1S/C13H14O3/c1-9-5-3-4-6-11(9)13(12(15)16-2)7-10(14)8-13/h3-6H,7-8H2,1-2H3. The molecule has 0 saturated heterocycles. The van der Waals surface area contributed by atoms with E-state index in [0.717, 1.165) is 11.1 Å². The Morgan fingerprint density at radius 3 is 2.44 bits per heavy atom. The third-order valence-corrected chi connectivity index (χ3v) is 3.23. The van der Waals surface area contributed by atoms with Crippen molar-refractivity contribution in [3.63, 3.8) is 0 Å². The molecule has 1 aliphatic carbocycles. The highest BCUT2D eigenvalue weighted by Gasteiger charge is 2.52. The Labute approximate surface area is 94.4 Å². The Kier molecular flexibility index (Phi) is 2.54. The van der Waals surface area contributed by atoms with Gasteiger partial charge >= 0.3 is 5.97 Å². The first-order chi connectivity index (χ1) is 7.60. The molecule has 1 aliphatic rings. The zero-order valence-corrected chi connectivity index (χ0v) is 9.45. The van der Waals surface area contributed by atoms with Crippen molar-refractivity contribution < 1.29 is 14.3 Å². The number of benzene rings is 1. The van der Waals surface area contributed by atoms with Gasteiger partial charge in [0.25, 0.3) is 0 Å². The number of carbonyl (C=O) groups is 2. The van der Waals surface area contributed by atoms with Gasteiger partial charge in [0.15, 0.2) is 0 Å². The van der Waals surface area contributed by atoms with E-state index in [9.17, 15) is 9.59 Å². The molecule has 3 nitrogen and oxygen atoms in total. The Morgan fingerprint density at radius 2 is 1.94 bits per heavy atom. The van der Waals surface area contributed by atoms with Gasteiger partial charge < -0.3 is 4.74 Å². The van der Waals surface area contributed by atoms with Gasteiger partial charge in [-0.05, 0) is 18.1 Å². The molecule has 16 heavy (non-hydrogen) atoms. The van der Waals surface area contributed by atoms with Crippen molar-refractivity contribution in [1.82, 2.24) is 0 Å². The molecule has 0 radical (unpaired) electrons. The highest BCUT2D eigenvalue weighted by molar-refractivity contribution is 6.02. The van der Waals surface area contributed by atoms with E-state index in [1.54, 1.807) is 0 Å². The van der Waals surface area contributed by atoms with E-state index in [1.165, 1.54) is 7.11 Å². The van der Waals surface area contributed by atoms with E-state index in [-0.39, 0.29) is 24.6 Å². The molecule has 1 fully saturated rings. The zero-order chi connectivity index (χ0) is 11.8. The number of aryl methyl sites for hydroxylation is 1. The Bertz CT molecular complexity index is 440. The number of esters is 1. The van der Waals surface area contributed by atoms with E-state index in [1.807, 2.05) is 31.2 Å². The van der Waals surface area contributed by atoms with Crippen LogP contribution < -0.4 is 0 Å². The van der Waals surface area contributed by atoms with Crippen molar-refractivity contribution in [1.29, 1.82) is 0 Å². The highest BCUT2D eigenvalue weighted by Crippen LogP contribution is 2.43. The van der Waals surface area contributed by atoms with Gasteiger partial charge in [0.1, 0.15) is 11.2 Å². The van der Waals surface area contributed by atoms with Crippen LogP contribution >= 0.6 is 0 Å². The molecule has 0 atom stereocenters. The molecule has 3 heteroatoms. The molecule has 1 aromatic rings. The lowest BCUT2D eigenvalue weighted by Gasteiger charge is -2.38. The normalized spacial score (nSPS) is 17.8. The number of hydrogen-bond acceptors (Lipinski definition) is 3. The van der Waals surface area contributed by atoms with E-state index in [4.69, 9.17) is 4.74 Å². The highest BCUT2D eigenvalue weighted by atomic mass is 16.5. The van der Waals surface area contributed by atoms with Crippen molar-refractivity contribution in [3.05, 3.63) is 35.4 Å². The van der Waals surface area contributed by atoms with Crippen molar-refractivity contribution in [2.24, 2.45) is 0 Å². The van der Waals surface area contributed by atoms with Crippen LogP contribution in [0.25, 0.3) is 0 Å². The van der Waals surface area contributed by atoms with Crippen LogP contribution in [-0.2, 0) is 19.7 Å². The lowest BCUT2D eigenvalue weighted by atomic mass is 9.62. The Hall–Kier alpha value is -1.64. The minimum absolute atomic E-state index is 0.119. The molecule has 2 rings (SSSR count). The molecule has 0 unspecified atom stereocenters. The van der Waals surface area contributed by atoms with Gasteiger partial charge in [0, 0.05) is 12.8 Å². The van der Waals surface area contributed by atoms with Gasteiger partial charge in [-0.1, -0.05) is 24.3 Å². The van der Waals surface area contributed by atoms with Gasteiger partial charge in [0.05, 0.1) is 7.11 Å². The number of ether oxygens (including phenoxy) is 1. The van der Waals surface area contributed by atoms with Crippen molar-refractivity contribution in [3.8, 4) is 0 Å². The van der Waals surface area contributed by atoms with E-state index in [2.05, 4.69) is 0 Å². The maximum Gasteiger partial charge on any atom is 0.317 e. The number of ketones is 1. The Morgan fingerprint density at radius 1 is 1.31 bits per heavy atom. The smallest absolute Gasteiger partial charge is 0.317 e. The van der Waals surface area contributed by atoms with Gasteiger partial charge in [-0.25, -0.2) is 0 Å². The average molecular weight is 218 g/mol. The first-order valence-electron chi connectivity index (χ1n) is 5.26. The van der Waals surface area contributed by atoms with E-state index >= 15 is 0 Å². The summed E-state index contributed by atoms with van der Waals surface area (Å²) in [5, 5.41) is 0. The number of rotatable bonds is 2. The fraction of sp³-hybridized carbons (Fsp3) is 0.385. The Balaban J connectivity index is 2.46. The van der Waals surface area contributed by atoms with Gasteiger partial charge in [-0.3, -0.25) is 9.59 Å². The summed E-state index contributed by atoms with van der Waals surface area (Å²) in [6.45, 7) is 1.95. The molecule has 0 aliphatic heterocycles. The first kappa shape index (κ1) is 10.9. The zero-order valence-electron chi connectivity index (χ0n) is 9.45. The third-order valence-electron chi connectivity index (χ3n) is 3.23. The average Bonchev–Trinajstić information content (AvgIpc) is 2.24. The third kappa shape index (κ3) is 1.43. The predicted octanol–water partition coefficient (Wildman–Crippen LogP) is 1.77. The minimum Gasteiger partial charge on any atom is -0.468 e. The lowest BCUT2D eigenvalue weighted by Crippen LogP contribution is -2.49. The maximum atomic E-state index is 11.8. The summed E-state index contributed by atoms with van der Waals surface area (Å²) < 4.78 is 4.82. The van der Waals surface area contributed by atoms with Crippen LogP contribution in [0.5, 0.6) is 0 Å². The summed E-state index contributed by atoms with van der Waals surface area (Å²) in [7, 11) is 1.37. The molecule has 0 bridgehead atoms. The molecule has 0 heterocycles. The second-order valence-electron chi connectivity index (χ2n) is 4.28. The van der Waals surface area contributed by atoms with Gasteiger partial charge in [-0.2, -0.15) is 0 Å². The van der Waals surface area contributed by atoms with E-state index in [0.29, 0.717) is 0 Å². The molecule has 0 spiro atoms.